The molecule has 0 saturated heterocycles. The first-order valence-electron chi connectivity index (χ1n) is 6.63. The summed E-state index contributed by atoms with van der Waals surface area (Å²) >= 11 is 6.10. The fourth-order valence-corrected chi connectivity index (χ4v) is 2.59. The third-order valence-electron chi connectivity index (χ3n) is 3.49. The van der Waals surface area contributed by atoms with E-state index in [-0.39, 0.29) is 11.3 Å². The number of benzene rings is 2. The van der Waals surface area contributed by atoms with Crippen molar-refractivity contribution in [3.63, 3.8) is 0 Å². The third-order valence-corrected chi connectivity index (χ3v) is 3.82. The Morgan fingerprint density at radius 1 is 1.18 bits per heavy atom. The Balaban J connectivity index is 2.27. The van der Waals surface area contributed by atoms with Crippen LogP contribution in [0.5, 0.6) is 0 Å². The minimum atomic E-state index is -0.175. The molecule has 0 aliphatic rings. The number of hydrogen-bond acceptors (Lipinski definition) is 3. The molecule has 0 bridgehead atoms. The van der Waals surface area contributed by atoms with Crippen LogP contribution in [0.4, 0.5) is 0 Å². The van der Waals surface area contributed by atoms with Gasteiger partial charge in [-0.25, -0.2) is 4.98 Å². The molecule has 0 aliphatic heterocycles. The first-order valence-corrected chi connectivity index (χ1v) is 7.01. The molecule has 4 nitrogen and oxygen atoms in total. The number of hydrogen-bond donors (Lipinski definition) is 1. The van der Waals surface area contributed by atoms with Gasteiger partial charge in [0.1, 0.15) is 17.4 Å². The molecule has 108 valence electrons. The second-order valence-electron chi connectivity index (χ2n) is 4.80. The van der Waals surface area contributed by atoms with E-state index in [1.807, 2.05) is 37.4 Å². The number of halogens is 1. The number of nitriles is 1. The van der Waals surface area contributed by atoms with Gasteiger partial charge in [-0.05, 0) is 24.3 Å². The smallest absolute Gasteiger partial charge is 0.155 e. The first-order chi connectivity index (χ1) is 10.6. The predicted octanol–water partition coefficient (Wildman–Crippen LogP) is 4.18. The highest BCUT2D eigenvalue weighted by Gasteiger charge is 2.18. The summed E-state index contributed by atoms with van der Waals surface area (Å²) in [5.74, 6) is 0.229. The van der Waals surface area contributed by atoms with Crippen LogP contribution in [0.25, 0.3) is 22.4 Å². The van der Waals surface area contributed by atoms with Crippen molar-refractivity contribution in [2.45, 2.75) is 0 Å². The fourth-order valence-electron chi connectivity index (χ4n) is 2.37. The van der Waals surface area contributed by atoms with Crippen LogP contribution in [-0.2, 0) is 7.05 Å². The monoisotopic (exact) mass is 309 g/mol. The molecule has 5 heteroatoms. The van der Waals surface area contributed by atoms with Crippen LogP contribution in [0.3, 0.4) is 0 Å². The lowest BCUT2D eigenvalue weighted by atomic mass is 10.1. The van der Waals surface area contributed by atoms with E-state index in [4.69, 9.17) is 11.6 Å². The van der Waals surface area contributed by atoms with Crippen LogP contribution in [0.1, 0.15) is 11.4 Å². The number of rotatable bonds is 2. The lowest BCUT2D eigenvalue weighted by Gasteiger charge is -2.06. The zero-order chi connectivity index (χ0) is 15.7. The molecule has 0 fully saturated rings. The van der Waals surface area contributed by atoms with Gasteiger partial charge in [-0.2, -0.15) is 5.26 Å². The highest BCUT2D eigenvalue weighted by atomic mass is 35.5. The number of aromatic nitrogens is 2. The number of aliphatic hydroxyl groups is 1. The molecular formula is C17H12ClN3O. The molecule has 0 amide bonds. The van der Waals surface area contributed by atoms with Gasteiger partial charge >= 0.3 is 0 Å². The maximum atomic E-state index is 10.5. The van der Waals surface area contributed by atoms with Crippen molar-refractivity contribution >= 4 is 34.0 Å². The molecule has 0 unspecified atom stereocenters. The number of nitrogens with zero attached hydrogens (tertiary/aromatic N) is 3. The van der Waals surface area contributed by atoms with Gasteiger partial charge in [0.25, 0.3) is 0 Å². The minimum Gasteiger partial charge on any atom is -0.506 e. The van der Waals surface area contributed by atoms with Crippen LogP contribution < -0.4 is 0 Å². The standard InChI is InChI=1S/C17H12ClN3O/c1-21-15-9-5-4-8-14(15)20-17(21)12(10-19)16(22)11-6-2-3-7-13(11)18/h2-9,22H,1H3/b16-12-. The molecule has 0 spiro atoms. The Morgan fingerprint density at radius 3 is 2.55 bits per heavy atom. The maximum Gasteiger partial charge on any atom is 0.155 e. The summed E-state index contributed by atoms with van der Waals surface area (Å²) in [5.41, 5.74) is 2.15. The number of aryl methyl sites for hydroxylation is 1. The molecular weight excluding hydrogens is 298 g/mol. The van der Waals surface area contributed by atoms with Crippen molar-refractivity contribution in [2.75, 3.05) is 0 Å². The Bertz CT molecular complexity index is 934. The van der Waals surface area contributed by atoms with Gasteiger partial charge in [0.2, 0.25) is 0 Å². The van der Waals surface area contributed by atoms with Crippen LogP contribution in [-0.4, -0.2) is 14.7 Å². The summed E-state index contributed by atoms with van der Waals surface area (Å²) in [5, 5.41) is 20.4. The summed E-state index contributed by atoms with van der Waals surface area (Å²) in [6.07, 6.45) is 0. The molecule has 3 aromatic rings. The van der Waals surface area contributed by atoms with Gasteiger partial charge in [0.15, 0.2) is 5.82 Å². The second kappa shape index (κ2) is 5.55. The van der Waals surface area contributed by atoms with Crippen molar-refractivity contribution in [3.05, 3.63) is 64.9 Å². The molecule has 1 heterocycles. The van der Waals surface area contributed by atoms with Crippen LogP contribution in [0.15, 0.2) is 48.5 Å². The van der Waals surface area contributed by atoms with Crippen LogP contribution in [0, 0.1) is 11.3 Å². The molecule has 0 saturated carbocycles. The maximum absolute atomic E-state index is 10.5. The van der Waals surface area contributed by atoms with E-state index >= 15 is 0 Å². The van der Waals surface area contributed by atoms with Gasteiger partial charge in [-0.3, -0.25) is 0 Å². The average Bonchev–Trinajstić information content (AvgIpc) is 2.86. The summed E-state index contributed by atoms with van der Waals surface area (Å²) in [4.78, 5) is 4.44. The van der Waals surface area contributed by atoms with E-state index in [9.17, 15) is 10.4 Å². The van der Waals surface area contributed by atoms with Crippen molar-refractivity contribution in [2.24, 2.45) is 7.05 Å². The van der Waals surface area contributed by atoms with E-state index < -0.39 is 0 Å². The lowest BCUT2D eigenvalue weighted by Crippen LogP contribution is -1.99. The normalized spacial score (nSPS) is 12.0. The number of para-hydroxylation sites is 2. The van der Waals surface area contributed by atoms with E-state index in [0.717, 1.165) is 11.0 Å². The van der Waals surface area contributed by atoms with Gasteiger partial charge in [0, 0.05) is 12.6 Å². The van der Waals surface area contributed by atoms with Gasteiger partial charge < -0.3 is 9.67 Å². The minimum absolute atomic E-state index is 0.0896. The quantitative estimate of drug-likeness (QED) is 0.570. The molecule has 3 rings (SSSR count). The summed E-state index contributed by atoms with van der Waals surface area (Å²) in [6.45, 7) is 0. The molecule has 0 aliphatic carbocycles. The van der Waals surface area contributed by atoms with Gasteiger partial charge in [0.05, 0.1) is 16.1 Å². The van der Waals surface area contributed by atoms with E-state index in [1.54, 1.807) is 28.8 Å². The zero-order valence-electron chi connectivity index (χ0n) is 11.8. The van der Waals surface area contributed by atoms with Crippen LogP contribution >= 0.6 is 11.6 Å². The predicted molar refractivity (Wildman–Crippen MR) is 87.2 cm³/mol. The zero-order valence-corrected chi connectivity index (χ0v) is 12.5. The van der Waals surface area contributed by atoms with Crippen molar-refractivity contribution in [1.29, 1.82) is 5.26 Å². The fraction of sp³-hybridized carbons (Fsp3) is 0.0588. The Labute approximate surface area is 132 Å². The SMILES string of the molecule is Cn1c(/C(C#N)=C(\O)c2ccccc2Cl)nc2ccccc21. The largest absolute Gasteiger partial charge is 0.506 e. The molecule has 0 radical (unpaired) electrons. The number of fused-ring (bicyclic) bond motifs is 1. The number of imidazole rings is 1. The van der Waals surface area contributed by atoms with Gasteiger partial charge in [-0.15, -0.1) is 0 Å². The topological polar surface area (TPSA) is 61.8 Å². The Hall–Kier alpha value is -2.77. The van der Waals surface area contributed by atoms with Crippen molar-refractivity contribution < 1.29 is 5.11 Å². The lowest BCUT2D eigenvalue weighted by molar-refractivity contribution is 0.513. The molecule has 2 aromatic carbocycles. The molecule has 22 heavy (non-hydrogen) atoms. The summed E-state index contributed by atoms with van der Waals surface area (Å²) < 4.78 is 1.78. The average molecular weight is 310 g/mol. The summed E-state index contributed by atoms with van der Waals surface area (Å²) in [7, 11) is 1.81. The highest BCUT2D eigenvalue weighted by molar-refractivity contribution is 6.32. The second-order valence-corrected chi connectivity index (χ2v) is 5.21. The van der Waals surface area contributed by atoms with E-state index in [1.165, 1.54) is 0 Å². The van der Waals surface area contributed by atoms with E-state index in [0.29, 0.717) is 16.4 Å². The molecule has 1 aromatic heterocycles. The van der Waals surface area contributed by atoms with Crippen molar-refractivity contribution in [1.82, 2.24) is 9.55 Å². The molecule has 1 N–H and O–H groups in total. The highest BCUT2D eigenvalue weighted by Crippen LogP contribution is 2.29. The third kappa shape index (κ3) is 2.22. The van der Waals surface area contributed by atoms with Crippen LogP contribution in [0.2, 0.25) is 5.02 Å². The first kappa shape index (κ1) is 14.2. The van der Waals surface area contributed by atoms with Crippen molar-refractivity contribution in [3.8, 4) is 6.07 Å². The number of aliphatic hydroxyl groups excluding tert-OH is 1. The van der Waals surface area contributed by atoms with E-state index in [2.05, 4.69) is 4.98 Å². The summed E-state index contributed by atoms with van der Waals surface area (Å²) in [6, 6.07) is 16.4. The van der Waals surface area contributed by atoms with Gasteiger partial charge in [-0.1, -0.05) is 35.9 Å². The Morgan fingerprint density at radius 2 is 1.86 bits per heavy atom. The molecule has 0 atom stereocenters. The number of allylic oxidation sites excluding steroid dienone is 1. The Kier molecular flexibility index (Phi) is 3.58.